The van der Waals surface area contributed by atoms with E-state index in [-0.39, 0.29) is 11.8 Å². The summed E-state index contributed by atoms with van der Waals surface area (Å²) in [5.41, 5.74) is 0. The van der Waals surface area contributed by atoms with Crippen LogP contribution in [0.2, 0.25) is 0 Å². The summed E-state index contributed by atoms with van der Waals surface area (Å²) in [6.07, 6.45) is 4.87. The number of rotatable bonds is 6. The normalized spacial score (nSPS) is 15.6. The van der Waals surface area contributed by atoms with Crippen LogP contribution in [0.5, 0.6) is 0 Å². The van der Waals surface area contributed by atoms with E-state index in [9.17, 15) is 4.79 Å². The second-order valence-electron chi connectivity index (χ2n) is 4.46. The number of ether oxygens (including phenoxy) is 1. The monoisotopic (exact) mass is 237 g/mol. The highest BCUT2D eigenvalue weighted by atomic mass is 16.5. The number of amides is 1. The Hall–Kier alpha value is -1.29. The molecular formula is C13H19NO3. The van der Waals surface area contributed by atoms with Gasteiger partial charge in [-0.2, -0.15) is 0 Å². The quantitative estimate of drug-likeness (QED) is 0.760. The summed E-state index contributed by atoms with van der Waals surface area (Å²) < 4.78 is 10.3. The molecule has 1 aliphatic rings. The lowest BCUT2D eigenvalue weighted by Crippen LogP contribution is -2.40. The van der Waals surface area contributed by atoms with E-state index < -0.39 is 0 Å². The summed E-state index contributed by atoms with van der Waals surface area (Å²) in [4.78, 5) is 14.0. The van der Waals surface area contributed by atoms with Gasteiger partial charge < -0.3 is 14.1 Å². The first-order valence-corrected chi connectivity index (χ1v) is 6.11. The van der Waals surface area contributed by atoms with Crippen LogP contribution in [0, 0.1) is 5.92 Å². The Morgan fingerprint density at radius 3 is 2.94 bits per heavy atom. The minimum Gasteiger partial charge on any atom is -0.467 e. The predicted molar refractivity (Wildman–Crippen MR) is 63.3 cm³/mol. The molecule has 1 fully saturated rings. The lowest BCUT2D eigenvalue weighted by Gasteiger charge is -2.31. The van der Waals surface area contributed by atoms with Crippen LogP contribution in [-0.2, 0) is 16.1 Å². The Kier molecular flexibility index (Phi) is 4.20. The molecule has 0 bridgehead atoms. The maximum Gasteiger partial charge on any atom is 0.226 e. The van der Waals surface area contributed by atoms with Gasteiger partial charge in [0.15, 0.2) is 0 Å². The van der Waals surface area contributed by atoms with Crippen LogP contribution in [0.15, 0.2) is 22.8 Å². The highest BCUT2D eigenvalue weighted by Gasteiger charge is 2.29. The molecule has 4 heteroatoms. The summed E-state index contributed by atoms with van der Waals surface area (Å²) in [6, 6.07) is 3.74. The first-order chi connectivity index (χ1) is 8.31. The zero-order valence-corrected chi connectivity index (χ0v) is 10.2. The zero-order chi connectivity index (χ0) is 12.1. The van der Waals surface area contributed by atoms with E-state index in [4.69, 9.17) is 9.15 Å². The summed E-state index contributed by atoms with van der Waals surface area (Å²) in [7, 11) is 1.65. The third-order valence-electron chi connectivity index (χ3n) is 3.26. The number of nitrogens with zero attached hydrogens (tertiary/aromatic N) is 1. The lowest BCUT2D eigenvalue weighted by atomic mass is 9.84. The number of carbonyl (C=O) groups excluding carboxylic acids is 1. The number of furan rings is 1. The number of carbonyl (C=O) groups is 1. The van der Waals surface area contributed by atoms with Crippen molar-refractivity contribution in [1.82, 2.24) is 4.90 Å². The number of methoxy groups -OCH3 is 1. The molecule has 94 valence electrons. The Morgan fingerprint density at radius 2 is 2.41 bits per heavy atom. The third kappa shape index (κ3) is 3.09. The lowest BCUT2D eigenvalue weighted by molar-refractivity contribution is -0.139. The van der Waals surface area contributed by atoms with E-state index in [0.29, 0.717) is 19.7 Å². The summed E-state index contributed by atoms with van der Waals surface area (Å²) >= 11 is 0. The topological polar surface area (TPSA) is 42.7 Å². The van der Waals surface area contributed by atoms with E-state index in [0.717, 1.165) is 18.6 Å². The largest absolute Gasteiger partial charge is 0.467 e. The van der Waals surface area contributed by atoms with Crippen LogP contribution >= 0.6 is 0 Å². The fourth-order valence-electron chi connectivity index (χ4n) is 1.97. The van der Waals surface area contributed by atoms with Crippen LogP contribution in [0.4, 0.5) is 0 Å². The molecule has 0 aromatic carbocycles. The van der Waals surface area contributed by atoms with E-state index in [1.165, 1.54) is 6.42 Å². The first-order valence-electron chi connectivity index (χ1n) is 6.11. The highest BCUT2D eigenvalue weighted by molar-refractivity contribution is 5.79. The van der Waals surface area contributed by atoms with Gasteiger partial charge in [-0.3, -0.25) is 4.79 Å². The molecular weight excluding hydrogens is 218 g/mol. The fraction of sp³-hybridized carbons (Fsp3) is 0.615. The molecule has 1 aromatic rings. The Labute approximate surface area is 102 Å². The van der Waals surface area contributed by atoms with Crippen LogP contribution < -0.4 is 0 Å². The Morgan fingerprint density at radius 1 is 1.59 bits per heavy atom. The summed E-state index contributed by atoms with van der Waals surface area (Å²) in [5, 5.41) is 0. The van der Waals surface area contributed by atoms with Gasteiger partial charge in [-0.15, -0.1) is 0 Å². The molecule has 0 unspecified atom stereocenters. The molecule has 0 spiro atoms. The molecule has 0 aliphatic heterocycles. The molecule has 1 amide bonds. The predicted octanol–water partition coefficient (Wildman–Crippen LogP) is 2.05. The van der Waals surface area contributed by atoms with Crippen LogP contribution in [0.3, 0.4) is 0 Å². The van der Waals surface area contributed by atoms with Gasteiger partial charge in [0.05, 0.1) is 19.4 Å². The van der Waals surface area contributed by atoms with Crippen LogP contribution in [-0.4, -0.2) is 31.1 Å². The first kappa shape index (κ1) is 12.2. The summed E-state index contributed by atoms with van der Waals surface area (Å²) in [5.74, 6) is 1.29. The van der Waals surface area contributed by atoms with E-state index >= 15 is 0 Å². The van der Waals surface area contributed by atoms with Gasteiger partial charge in [-0.1, -0.05) is 6.42 Å². The second-order valence-corrected chi connectivity index (χ2v) is 4.46. The highest BCUT2D eigenvalue weighted by Crippen LogP contribution is 2.28. The molecule has 4 nitrogen and oxygen atoms in total. The van der Waals surface area contributed by atoms with E-state index in [1.807, 2.05) is 17.0 Å². The van der Waals surface area contributed by atoms with Crippen molar-refractivity contribution in [2.45, 2.75) is 25.8 Å². The fourth-order valence-corrected chi connectivity index (χ4v) is 1.97. The van der Waals surface area contributed by atoms with Crippen molar-refractivity contribution >= 4 is 5.91 Å². The smallest absolute Gasteiger partial charge is 0.226 e. The van der Waals surface area contributed by atoms with E-state index in [1.54, 1.807) is 13.4 Å². The molecule has 1 aromatic heterocycles. The van der Waals surface area contributed by atoms with Gasteiger partial charge in [0.2, 0.25) is 5.91 Å². The average Bonchev–Trinajstić information content (AvgIpc) is 2.74. The number of hydrogen-bond acceptors (Lipinski definition) is 3. The molecule has 0 N–H and O–H groups in total. The SMILES string of the molecule is COCCN(Cc1ccco1)C(=O)C1CCC1. The van der Waals surface area contributed by atoms with Gasteiger partial charge in [0.25, 0.3) is 0 Å². The van der Waals surface area contributed by atoms with Gasteiger partial charge in [0, 0.05) is 19.6 Å². The molecule has 0 atom stereocenters. The molecule has 0 saturated heterocycles. The average molecular weight is 237 g/mol. The standard InChI is InChI=1S/C13H19NO3/c1-16-9-7-14(10-12-6-3-8-17-12)13(15)11-4-2-5-11/h3,6,8,11H,2,4-5,7,9-10H2,1H3. The molecule has 1 aliphatic carbocycles. The second kappa shape index (κ2) is 5.87. The Bertz CT molecular complexity index is 344. The molecule has 2 rings (SSSR count). The number of hydrogen-bond donors (Lipinski definition) is 0. The van der Waals surface area contributed by atoms with E-state index in [2.05, 4.69) is 0 Å². The van der Waals surface area contributed by atoms with Gasteiger partial charge in [-0.25, -0.2) is 0 Å². The van der Waals surface area contributed by atoms with Gasteiger partial charge in [0.1, 0.15) is 5.76 Å². The van der Waals surface area contributed by atoms with Crippen molar-refractivity contribution in [2.24, 2.45) is 5.92 Å². The molecule has 0 radical (unpaired) electrons. The minimum atomic E-state index is 0.224. The maximum atomic E-state index is 12.2. The van der Waals surface area contributed by atoms with Crippen LogP contribution in [0.1, 0.15) is 25.0 Å². The van der Waals surface area contributed by atoms with Crippen molar-refractivity contribution in [2.75, 3.05) is 20.3 Å². The van der Waals surface area contributed by atoms with Gasteiger partial charge in [-0.05, 0) is 25.0 Å². The van der Waals surface area contributed by atoms with Crippen molar-refractivity contribution < 1.29 is 13.9 Å². The zero-order valence-electron chi connectivity index (χ0n) is 10.2. The van der Waals surface area contributed by atoms with Crippen molar-refractivity contribution in [3.8, 4) is 0 Å². The minimum absolute atomic E-state index is 0.224. The third-order valence-corrected chi connectivity index (χ3v) is 3.26. The molecule has 1 heterocycles. The van der Waals surface area contributed by atoms with Crippen LogP contribution in [0.25, 0.3) is 0 Å². The molecule has 17 heavy (non-hydrogen) atoms. The maximum absolute atomic E-state index is 12.2. The van der Waals surface area contributed by atoms with Crippen molar-refractivity contribution in [1.29, 1.82) is 0 Å². The summed E-state index contributed by atoms with van der Waals surface area (Å²) in [6.45, 7) is 1.75. The van der Waals surface area contributed by atoms with Crippen molar-refractivity contribution in [3.05, 3.63) is 24.2 Å². The van der Waals surface area contributed by atoms with Gasteiger partial charge >= 0.3 is 0 Å². The molecule has 1 saturated carbocycles. The Balaban J connectivity index is 1.94. The van der Waals surface area contributed by atoms with Crippen molar-refractivity contribution in [3.63, 3.8) is 0 Å².